The summed E-state index contributed by atoms with van der Waals surface area (Å²) in [6.07, 6.45) is 1.71. The molecular weight excluding hydrogens is 188 g/mol. The van der Waals surface area contributed by atoms with Gasteiger partial charge in [-0.15, -0.1) is 0 Å². The molecule has 2 N–H and O–H groups in total. The van der Waals surface area contributed by atoms with Crippen molar-refractivity contribution in [2.24, 2.45) is 4.36 Å². The molecule has 0 radical (unpaired) electrons. The largest absolute Gasteiger partial charge is 0.399 e. The van der Waals surface area contributed by atoms with Gasteiger partial charge in [0.1, 0.15) is 0 Å². The van der Waals surface area contributed by atoms with Crippen molar-refractivity contribution in [1.29, 1.82) is 0 Å². The summed E-state index contributed by atoms with van der Waals surface area (Å²) >= 11 is 0. The third-order valence-corrected chi connectivity index (χ3v) is 3.20. The number of rotatable bonds is 2. The van der Waals surface area contributed by atoms with E-state index in [1.165, 1.54) is 6.26 Å². The summed E-state index contributed by atoms with van der Waals surface area (Å²) in [5.41, 5.74) is 6.04. The summed E-state index contributed by atoms with van der Waals surface area (Å²) in [7, 11) is -2.58. The van der Waals surface area contributed by atoms with Crippen molar-refractivity contribution in [3.8, 4) is 0 Å². The first-order valence-electron chi connectivity index (χ1n) is 3.57. The van der Waals surface area contributed by atoms with Gasteiger partial charge in [0.2, 0.25) is 6.41 Å². The number of hydrogen-bond donors (Lipinski definition) is 1. The maximum absolute atomic E-state index is 11.7. The molecular formula is C8H10N2O2S. The lowest BCUT2D eigenvalue weighted by molar-refractivity contribution is -0.106. The zero-order chi connectivity index (χ0) is 9.90. The molecule has 1 amide bonds. The van der Waals surface area contributed by atoms with Crippen molar-refractivity contribution in [2.45, 2.75) is 4.90 Å². The van der Waals surface area contributed by atoms with Crippen LogP contribution >= 0.6 is 0 Å². The smallest absolute Gasteiger partial charge is 0.241 e. The second-order valence-corrected chi connectivity index (χ2v) is 4.87. The zero-order valence-electron chi connectivity index (χ0n) is 7.14. The van der Waals surface area contributed by atoms with E-state index >= 15 is 0 Å². The van der Waals surface area contributed by atoms with Gasteiger partial charge in [0.15, 0.2) is 0 Å². The van der Waals surface area contributed by atoms with Crippen molar-refractivity contribution >= 4 is 21.8 Å². The van der Waals surface area contributed by atoms with E-state index in [0.717, 1.165) is 0 Å². The first kappa shape index (κ1) is 9.73. The topological polar surface area (TPSA) is 72.5 Å². The molecule has 5 heteroatoms. The standard InChI is InChI=1S/C8H10N2O2S/c1-13(12,10-6-11)8-4-2-7(9)3-5-8/h2-6H,9H2,1H3. The zero-order valence-corrected chi connectivity index (χ0v) is 7.95. The predicted molar refractivity (Wildman–Crippen MR) is 51.7 cm³/mol. The molecule has 4 nitrogen and oxygen atoms in total. The van der Waals surface area contributed by atoms with Crippen LogP contribution in [0.4, 0.5) is 5.69 Å². The summed E-state index contributed by atoms with van der Waals surface area (Å²) in [5, 5.41) is 0. The Balaban J connectivity index is 3.24. The normalized spacial score (nSPS) is 14.5. The Bertz CT molecular complexity index is 416. The minimum atomic E-state index is -2.58. The molecule has 13 heavy (non-hydrogen) atoms. The van der Waals surface area contributed by atoms with E-state index in [9.17, 15) is 9.00 Å². The lowest BCUT2D eigenvalue weighted by Crippen LogP contribution is -1.97. The van der Waals surface area contributed by atoms with Crippen LogP contribution in [-0.4, -0.2) is 16.9 Å². The van der Waals surface area contributed by atoms with Gasteiger partial charge in [-0.1, -0.05) is 0 Å². The fourth-order valence-electron chi connectivity index (χ4n) is 0.863. The maximum Gasteiger partial charge on any atom is 0.241 e. The van der Waals surface area contributed by atoms with Crippen LogP contribution in [0.1, 0.15) is 0 Å². The number of carbonyl (C=O) groups excluding carboxylic acids is 1. The molecule has 1 aromatic carbocycles. The monoisotopic (exact) mass is 198 g/mol. The number of nitrogens with zero attached hydrogens (tertiary/aromatic N) is 1. The highest BCUT2D eigenvalue weighted by Crippen LogP contribution is 2.12. The third-order valence-electron chi connectivity index (χ3n) is 1.56. The van der Waals surface area contributed by atoms with Gasteiger partial charge in [0, 0.05) is 16.8 Å². The Hall–Kier alpha value is -1.36. The SMILES string of the molecule is CS(=O)(=NC=O)c1ccc(N)cc1. The first-order valence-corrected chi connectivity index (χ1v) is 5.49. The second-order valence-electron chi connectivity index (χ2n) is 2.58. The fraction of sp³-hybridized carbons (Fsp3) is 0.125. The van der Waals surface area contributed by atoms with Crippen molar-refractivity contribution in [3.05, 3.63) is 24.3 Å². The van der Waals surface area contributed by atoms with Gasteiger partial charge >= 0.3 is 0 Å². The van der Waals surface area contributed by atoms with E-state index in [1.807, 2.05) is 0 Å². The minimum absolute atomic E-state index is 0.304. The summed E-state index contributed by atoms with van der Waals surface area (Å²) in [6, 6.07) is 6.45. The number of nitrogen functional groups attached to an aromatic ring is 1. The fourth-order valence-corrected chi connectivity index (χ4v) is 1.79. The average molecular weight is 198 g/mol. The molecule has 0 spiro atoms. The molecule has 0 heterocycles. The van der Waals surface area contributed by atoms with Gasteiger partial charge < -0.3 is 5.73 Å². The molecule has 1 unspecified atom stereocenters. The molecule has 0 aromatic heterocycles. The van der Waals surface area contributed by atoms with Crippen LogP contribution in [-0.2, 0) is 14.5 Å². The molecule has 0 bridgehead atoms. The van der Waals surface area contributed by atoms with Crippen LogP contribution in [0, 0.1) is 0 Å². The second kappa shape index (κ2) is 3.57. The van der Waals surface area contributed by atoms with E-state index in [1.54, 1.807) is 24.3 Å². The lowest BCUT2D eigenvalue weighted by Gasteiger charge is -2.01. The number of benzene rings is 1. The van der Waals surface area contributed by atoms with Crippen LogP contribution < -0.4 is 5.73 Å². The predicted octanol–water partition coefficient (Wildman–Crippen LogP) is 0.882. The highest BCUT2D eigenvalue weighted by Gasteiger charge is 2.03. The molecule has 1 rings (SSSR count). The van der Waals surface area contributed by atoms with E-state index in [2.05, 4.69) is 4.36 Å². The number of hydrogen-bond acceptors (Lipinski definition) is 3. The van der Waals surface area contributed by atoms with Gasteiger partial charge in [-0.3, -0.25) is 4.79 Å². The Morgan fingerprint density at radius 1 is 1.38 bits per heavy atom. The van der Waals surface area contributed by atoms with Crippen LogP contribution in [0.2, 0.25) is 0 Å². The molecule has 0 aliphatic heterocycles. The lowest BCUT2D eigenvalue weighted by atomic mass is 10.3. The average Bonchev–Trinajstić information content (AvgIpc) is 2.05. The van der Waals surface area contributed by atoms with Gasteiger partial charge in [-0.25, -0.2) is 4.21 Å². The van der Waals surface area contributed by atoms with Crippen LogP contribution in [0.25, 0.3) is 0 Å². The van der Waals surface area contributed by atoms with Gasteiger partial charge in [0.05, 0.1) is 9.73 Å². The van der Waals surface area contributed by atoms with Crippen LogP contribution in [0.5, 0.6) is 0 Å². The van der Waals surface area contributed by atoms with E-state index in [0.29, 0.717) is 17.0 Å². The quantitative estimate of drug-likeness (QED) is 0.566. The highest BCUT2D eigenvalue weighted by molar-refractivity contribution is 7.93. The Labute approximate surface area is 76.9 Å². The van der Waals surface area contributed by atoms with Crippen molar-refractivity contribution in [2.75, 3.05) is 12.0 Å². The molecule has 0 saturated heterocycles. The number of nitrogens with two attached hydrogens (primary N) is 1. The Morgan fingerprint density at radius 2 is 1.92 bits per heavy atom. The molecule has 0 fully saturated rings. The van der Waals surface area contributed by atoms with E-state index < -0.39 is 9.73 Å². The molecule has 0 aliphatic carbocycles. The van der Waals surface area contributed by atoms with Gasteiger partial charge in [-0.05, 0) is 24.3 Å². The van der Waals surface area contributed by atoms with Gasteiger partial charge in [-0.2, -0.15) is 4.36 Å². The molecule has 70 valence electrons. The summed E-state index contributed by atoms with van der Waals surface area (Å²) < 4.78 is 15.0. The molecule has 0 saturated carbocycles. The van der Waals surface area contributed by atoms with E-state index in [4.69, 9.17) is 5.73 Å². The third kappa shape index (κ3) is 2.29. The molecule has 1 aromatic rings. The summed E-state index contributed by atoms with van der Waals surface area (Å²) in [6.45, 7) is 0. The Kier molecular flexibility index (Phi) is 2.67. The van der Waals surface area contributed by atoms with Gasteiger partial charge in [0.25, 0.3) is 0 Å². The number of carbonyl (C=O) groups is 1. The van der Waals surface area contributed by atoms with Crippen molar-refractivity contribution in [3.63, 3.8) is 0 Å². The number of anilines is 1. The number of amides is 1. The molecule has 0 aliphatic rings. The van der Waals surface area contributed by atoms with Crippen LogP contribution in [0.15, 0.2) is 33.5 Å². The first-order chi connectivity index (χ1) is 6.06. The highest BCUT2D eigenvalue weighted by atomic mass is 32.2. The van der Waals surface area contributed by atoms with Crippen LogP contribution in [0.3, 0.4) is 0 Å². The summed E-state index contributed by atoms with van der Waals surface area (Å²) in [5.74, 6) is 0. The van der Waals surface area contributed by atoms with E-state index in [-0.39, 0.29) is 0 Å². The van der Waals surface area contributed by atoms with Crippen molar-refractivity contribution in [1.82, 2.24) is 0 Å². The maximum atomic E-state index is 11.7. The van der Waals surface area contributed by atoms with Crippen molar-refractivity contribution < 1.29 is 9.00 Å². The summed E-state index contributed by atoms with van der Waals surface area (Å²) in [4.78, 5) is 10.6. The Morgan fingerprint density at radius 3 is 2.38 bits per heavy atom. The molecule has 1 atom stereocenters. The minimum Gasteiger partial charge on any atom is -0.399 e.